The molecule has 0 aromatic heterocycles. The Morgan fingerprint density at radius 2 is 1.93 bits per heavy atom. The topological polar surface area (TPSA) is 65.1 Å². The molecule has 0 aliphatic carbocycles. The van der Waals surface area contributed by atoms with Crippen molar-refractivity contribution >= 4 is 35.1 Å². The standard InChI is InChI=1S/C20H18Cl2FNO5/c1-27-20(26)16-9-13(29-18-5-3-2-4-15(18)23)10-24(16)19(25)11-28-17-7-6-12(21)8-14(17)22/h2-8,13,16H,9-11H2,1H3. The first kappa shape index (κ1) is 21.2. The van der Waals surface area contributed by atoms with Gasteiger partial charge in [0.15, 0.2) is 18.2 Å². The summed E-state index contributed by atoms with van der Waals surface area (Å²) in [5, 5.41) is 0.698. The summed E-state index contributed by atoms with van der Waals surface area (Å²) in [5.74, 6) is -1.21. The number of methoxy groups -OCH3 is 1. The maximum absolute atomic E-state index is 13.9. The van der Waals surface area contributed by atoms with E-state index in [1.165, 1.54) is 30.2 Å². The summed E-state index contributed by atoms with van der Waals surface area (Å²) in [5.41, 5.74) is 0. The van der Waals surface area contributed by atoms with Gasteiger partial charge in [-0.2, -0.15) is 0 Å². The predicted molar refractivity (Wildman–Crippen MR) is 105 cm³/mol. The summed E-state index contributed by atoms with van der Waals surface area (Å²) in [6, 6.07) is 9.71. The lowest BCUT2D eigenvalue weighted by molar-refractivity contribution is -0.151. The van der Waals surface area contributed by atoms with Gasteiger partial charge in [0, 0.05) is 11.4 Å². The minimum atomic E-state index is -0.853. The molecule has 9 heteroatoms. The number of hydrogen-bond donors (Lipinski definition) is 0. The van der Waals surface area contributed by atoms with Crippen molar-refractivity contribution in [1.29, 1.82) is 0 Å². The van der Waals surface area contributed by atoms with Crippen molar-refractivity contribution in [2.24, 2.45) is 0 Å². The van der Waals surface area contributed by atoms with Crippen LogP contribution >= 0.6 is 23.2 Å². The lowest BCUT2D eigenvalue weighted by Crippen LogP contribution is -2.43. The highest BCUT2D eigenvalue weighted by Crippen LogP contribution is 2.29. The third kappa shape index (κ3) is 5.10. The summed E-state index contributed by atoms with van der Waals surface area (Å²) >= 11 is 11.9. The van der Waals surface area contributed by atoms with Crippen LogP contribution in [0.5, 0.6) is 11.5 Å². The highest BCUT2D eigenvalue weighted by molar-refractivity contribution is 6.35. The number of benzene rings is 2. The second-order valence-corrected chi connectivity index (χ2v) is 7.20. The van der Waals surface area contributed by atoms with E-state index in [0.717, 1.165) is 0 Å². The van der Waals surface area contributed by atoms with Gasteiger partial charge >= 0.3 is 5.97 Å². The van der Waals surface area contributed by atoms with E-state index < -0.39 is 29.8 Å². The third-order valence-electron chi connectivity index (χ3n) is 4.43. The van der Waals surface area contributed by atoms with E-state index in [4.69, 9.17) is 37.4 Å². The number of esters is 1. The Kier molecular flexibility index (Phi) is 6.82. The number of ether oxygens (including phenoxy) is 3. The molecular weight excluding hydrogens is 424 g/mol. The zero-order chi connectivity index (χ0) is 21.0. The minimum Gasteiger partial charge on any atom is -0.485 e. The highest BCUT2D eigenvalue weighted by atomic mass is 35.5. The van der Waals surface area contributed by atoms with E-state index in [9.17, 15) is 14.0 Å². The van der Waals surface area contributed by atoms with Crippen molar-refractivity contribution in [3.05, 3.63) is 58.3 Å². The number of rotatable bonds is 6. The molecule has 3 rings (SSSR count). The average Bonchev–Trinajstić information content (AvgIpc) is 3.12. The third-order valence-corrected chi connectivity index (χ3v) is 4.96. The van der Waals surface area contributed by atoms with Gasteiger partial charge in [0.25, 0.3) is 5.91 Å². The number of amides is 1. The van der Waals surface area contributed by atoms with E-state index in [1.807, 2.05) is 0 Å². The zero-order valence-electron chi connectivity index (χ0n) is 15.4. The molecule has 0 spiro atoms. The Morgan fingerprint density at radius 3 is 2.62 bits per heavy atom. The van der Waals surface area contributed by atoms with Gasteiger partial charge in [-0.05, 0) is 30.3 Å². The van der Waals surface area contributed by atoms with Crippen molar-refractivity contribution in [2.75, 3.05) is 20.3 Å². The lowest BCUT2D eigenvalue weighted by Gasteiger charge is -2.22. The van der Waals surface area contributed by atoms with Crippen molar-refractivity contribution in [1.82, 2.24) is 4.90 Å². The SMILES string of the molecule is COC(=O)C1CC(Oc2ccccc2F)CN1C(=O)COc1ccc(Cl)cc1Cl. The monoisotopic (exact) mass is 441 g/mol. The van der Waals surface area contributed by atoms with Crippen LogP contribution in [0.3, 0.4) is 0 Å². The second kappa shape index (κ2) is 9.33. The van der Waals surface area contributed by atoms with Crippen LogP contribution in [0, 0.1) is 5.82 Å². The van der Waals surface area contributed by atoms with Crippen molar-refractivity contribution in [3.63, 3.8) is 0 Å². The first-order valence-corrected chi connectivity index (χ1v) is 9.51. The first-order chi connectivity index (χ1) is 13.9. The molecule has 6 nitrogen and oxygen atoms in total. The number of carbonyl (C=O) groups is 2. The van der Waals surface area contributed by atoms with Gasteiger partial charge in [-0.25, -0.2) is 9.18 Å². The number of para-hydroxylation sites is 1. The van der Waals surface area contributed by atoms with Gasteiger partial charge in [-0.1, -0.05) is 35.3 Å². The predicted octanol–water partition coefficient (Wildman–Crippen LogP) is 3.73. The maximum atomic E-state index is 13.9. The maximum Gasteiger partial charge on any atom is 0.328 e. The summed E-state index contributed by atoms with van der Waals surface area (Å²) in [4.78, 5) is 26.1. The molecule has 0 saturated carbocycles. The fourth-order valence-corrected chi connectivity index (χ4v) is 3.52. The van der Waals surface area contributed by atoms with Crippen molar-refractivity contribution in [2.45, 2.75) is 18.6 Å². The van der Waals surface area contributed by atoms with Gasteiger partial charge in [0.05, 0.1) is 18.7 Å². The second-order valence-electron chi connectivity index (χ2n) is 6.35. The molecule has 2 unspecified atom stereocenters. The Balaban J connectivity index is 1.68. The Hall–Kier alpha value is -2.51. The van der Waals surface area contributed by atoms with E-state index >= 15 is 0 Å². The molecule has 2 aromatic carbocycles. The van der Waals surface area contributed by atoms with E-state index in [1.54, 1.807) is 24.3 Å². The number of likely N-dealkylation sites (tertiary alicyclic amines) is 1. The molecule has 29 heavy (non-hydrogen) atoms. The van der Waals surface area contributed by atoms with Crippen LogP contribution < -0.4 is 9.47 Å². The normalized spacial score (nSPS) is 18.4. The summed E-state index contributed by atoms with van der Waals surface area (Å²) in [7, 11) is 1.24. The summed E-state index contributed by atoms with van der Waals surface area (Å²) in [6.07, 6.45) is -0.395. The Morgan fingerprint density at radius 1 is 1.17 bits per heavy atom. The van der Waals surface area contributed by atoms with Gasteiger partial charge in [-0.3, -0.25) is 4.79 Å². The van der Waals surface area contributed by atoms with Crippen LogP contribution in [0.1, 0.15) is 6.42 Å². The van der Waals surface area contributed by atoms with Crippen LogP contribution in [0.15, 0.2) is 42.5 Å². The van der Waals surface area contributed by atoms with Crippen molar-refractivity contribution in [3.8, 4) is 11.5 Å². The molecule has 0 radical (unpaired) electrons. The zero-order valence-corrected chi connectivity index (χ0v) is 17.0. The van der Waals surface area contributed by atoms with Crippen LogP contribution in [0.25, 0.3) is 0 Å². The summed E-state index contributed by atoms with van der Waals surface area (Å²) in [6.45, 7) is -0.258. The van der Waals surface area contributed by atoms with Crippen molar-refractivity contribution < 1.29 is 28.2 Å². The molecule has 1 aliphatic heterocycles. The molecule has 0 N–H and O–H groups in total. The van der Waals surface area contributed by atoms with Gasteiger partial charge in [0.2, 0.25) is 0 Å². The number of hydrogen-bond acceptors (Lipinski definition) is 5. The quantitative estimate of drug-likeness (QED) is 0.638. The summed E-state index contributed by atoms with van der Waals surface area (Å²) < 4.78 is 29.8. The highest BCUT2D eigenvalue weighted by Gasteiger charge is 2.41. The minimum absolute atomic E-state index is 0.0552. The largest absolute Gasteiger partial charge is 0.485 e. The fourth-order valence-electron chi connectivity index (χ4n) is 3.05. The van der Waals surface area contributed by atoms with E-state index in [-0.39, 0.29) is 36.1 Å². The number of carbonyl (C=O) groups excluding carboxylic acids is 2. The van der Waals surface area contributed by atoms with Gasteiger partial charge in [-0.15, -0.1) is 0 Å². The number of halogens is 3. The van der Waals surface area contributed by atoms with Gasteiger partial charge in [0.1, 0.15) is 17.9 Å². The molecule has 154 valence electrons. The molecular formula is C20H18Cl2FNO5. The van der Waals surface area contributed by atoms with Crippen LogP contribution in [-0.2, 0) is 14.3 Å². The molecule has 0 bridgehead atoms. The fraction of sp³-hybridized carbons (Fsp3) is 0.300. The van der Waals surface area contributed by atoms with Crippen LogP contribution in [-0.4, -0.2) is 49.2 Å². The Labute approximate surface area is 177 Å². The van der Waals surface area contributed by atoms with Crippen LogP contribution in [0.4, 0.5) is 4.39 Å². The molecule has 2 aromatic rings. The Bertz CT molecular complexity index is 910. The van der Waals surface area contributed by atoms with Gasteiger partial charge < -0.3 is 19.1 Å². The average molecular weight is 442 g/mol. The van der Waals surface area contributed by atoms with E-state index in [0.29, 0.717) is 5.02 Å². The molecule has 2 atom stereocenters. The molecule has 1 heterocycles. The van der Waals surface area contributed by atoms with Crippen LogP contribution in [0.2, 0.25) is 10.0 Å². The number of nitrogens with zero attached hydrogens (tertiary/aromatic N) is 1. The molecule has 1 saturated heterocycles. The van der Waals surface area contributed by atoms with E-state index in [2.05, 4.69) is 0 Å². The first-order valence-electron chi connectivity index (χ1n) is 8.75. The smallest absolute Gasteiger partial charge is 0.328 e. The molecule has 1 fully saturated rings. The lowest BCUT2D eigenvalue weighted by atomic mass is 10.2. The molecule has 1 amide bonds. The molecule has 1 aliphatic rings.